The van der Waals surface area contributed by atoms with E-state index in [9.17, 15) is 9.59 Å². The van der Waals surface area contributed by atoms with Crippen LogP contribution in [0.4, 0.5) is 5.95 Å². The second-order valence-corrected chi connectivity index (χ2v) is 7.57. The Balaban J connectivity index is 1.25. The SMILES string of the molecule is CCN1CCN(C(=O)C2CC2C(=O)N2CCN(c3ncccn3)CC2)CC1. The van der Waals surface area contributed by atoms with Gasteiger partial charge in [0, 0.05) is 64.8 Å². The molecule has 0 radical (unpaired) electrons. The summed E-state index contributed by atoms with van der Waals surface area (Å²) in [5.41, 5.74) is 0. The van der Waals surface area contributed by atoms with Crippen molar-refractivity contribution in [2.45, 2.75) is 13.3 Å². The van der Waals surface area contributed by atoms with E-state index < -0.39 is 0 Å². The first-order valence-corrected chi connectivity index (χ1v) is 9.99. The third kappa shape index (κ3) is 3.90. The zero-order valence-electron chi connectivity index (χ0n) is 16.0. The molecule has 1 saturated carbocycles. The molecule has 8 heteroatoms. The van der Waals surface area contributed by atoms with Crippen molar-refractivity contribution >= 4 is 17.8 Å². The average molecular weight is 372 g/mol. The summed E-state index contributed by atoms with van der Waals surface area (Å²) in [6, 6.07) is 1.80. The Morgan fingerprint density at radius 2 is 1.41 bits per heavy atom. The van der Waals surface area contributed by atoms with Crippen molar-refractivity contribution in [3.8, 4) is 0 Å². The predicted molar refractivity (Wildman–Crippen MR) is 101 cm³/mol. The number of hydrogen-bond acceptors (Lipinski definition) is 6. The molecule has 1 aliphatic carbocycles. The minimum Gasteiger partial charge on any atom is -0.340 e. The fourth-order valence-electron chi connectivity index (χ4n) is 4.08. The molecule has 2 saturated heterocycles. The molecular formula is C19H28N6O2. The lowest BCUT2D eigenvalue weighted by Gasteiger charge is -2.35. The first-order valence-electron chi connectivity index (χ1n) is 9.99. The van der Waals surface area contributed by atoms with Crippen molar-refractivity contribution in [2.75, 3.05) is 63.8 Å². The van der Waals surface area contributed by atoms with E-state index in [-0.39, 0.29) is 23.7 Å². The summed E-state index contributed by atoms with van der Waals surface area (Å²) in [5.74, 6) is 0.840. The van der Waals surface area contributed by atoms with Gasteiger partial charge in [-0.05, 0) is 19.0 Å². The number of likely N-dealkylation sites (N-methyl/N-ethyl adjacent to an activating group) is 1. The van der Waals surface area contributed by atoms with E-state index in [0.29, 0.717) is 19.5 Å². The van der Waals surface area contributed by atoms with Gasteiger partial charge in [0.05, 0.1) is 11.8 Å². The molecular weight excluding hydrogens is 344 g/mol. The van der Waals surface area contributed by atoms with E-state index in [1.165, 1.54) is 0 Å². The molecule has 3 heterocycles. The molecule has 3 fully saturated rings. The summed E-state index contributed by atoms with van der Waals surface area (Å²) in [7, 11) is 0. The highest BCUT2D eigenvalue weighted by molar-refractivity contribution is 5.92. The quantitative estimate of drug-likeness (QED) is 0.737. The maximum absolute atomic E-state index is 12.8. The van der Waals surface area contributed by atoms with Crippen molar-refractivity contribution in [1.29, 1.82) is 0 Å². The van der Waals surface area contributed by atoms with Gasteiger partial charge in [-0.25, -0.2) is 9.97 Å². The van der Waals surface area contributed by atoms with Gasteiger partial charge in [0.25, 0.3) is 0 Å². The van der Waals surface area contributed by atoms with E-state index in [0.717, 1.165) is 51.8 Å². The zero-order chi connectivity index (χ0) is 18.8. The molecule has 2 amide bonds. The van der Waals surface area contributed by atoms with Gasteiger partial charge in [-0.2, -0.15) is 0 Å². The maximum Gasteiger partial charge on any atom is 0.226 e. The lowest BCUT2D eigenvalue weighted by Crippen LogP contribution is -2.51. The van der Waals surface area contributed by atoms with Crippen LogP contribution in [-0.4, -0.2) is 95.4 Å². The number of hydrogen-bond donors (Lipinski definition) is 0. The molecule has 2 aliphatic heterocycles. The highest BCUT2D eigenvalue weighted by Crippen LogP contribution is 2.41. The third-order valence-electron chi connectivity index (χ3n) is 5.98. The smallest absolute Gasteiger partial charge is 0.226 e. The zero-order valence-corrected chi connectivity index (χ0v) is 16.0. The van der Waals surface area contributed by atoms with E-state index in [1.54, 1.807) is 18.5 Å². The van der Waals surface area contributed by atoms with Crippen molar-refractivity contribution in [2.24, 2.45) is 11.8 Å². The van der Waals surface area contributed by atoms with Crippen molar-refractivity contribution < 1.29 is 9.59 Å². The fourth-order valence-corrected chi connectivity index (χ4v) is 4.08. The molecule has 2 unspecified atom stereocenters. The van der Waals surface area contributed by atoms with Gasteiger partial charge < -0.3 is 19.6 Å². The standard InChI is InChI=1S/C19H28N6O2/c1-2-22-6-8-23(9-7-22)17(26)15-14-16(15)18(27)24-10-12-25(13-11-24)19-20-4-3-5-21-19/h3-5,15-16H,2,6-14H2,1H3. The topological polar surface area (TPSA) is 72.9 Å². The van der Waals surface area contributed by atoms with Gasteiger partial charge in [-0.1, -0.05) is 6.92 Å². The molecule has 27 heavy (non-hydrogen) atoms. The molecule has 2 atom stereocenters. The molecule has 0 N–H and O–H groups in total. The van der Waals surface area contributed by atoms with Crippen molar-refractivity contribution in [3.63, 3.8) is 0 Å². The average Bonchev–Trinajstić information content (AvgIpc) is 3.54. The van der Waals surface area contributed by atoms with Gasteiger partial charge in [0.1, 0.15) is 0 Å². The predicted octanol–water partition coefficient (Wildman–Crippen LogP) is -0.0746. The lowest BCUT2D eigenvalue weighted by molar-refractivity contribution is -0.139. The number of piperazine rings is 2. The van der Waals surface area contributed by atoms with Crippen LogP contribution in [0, 0.1) is 11.8 Å². The number of aromatic nitrogens is 2. The summed E-state index contributed by atoms with van der Waals surface area (Å²) in [5, 5.41) is 0. The maximum atomic E-state index is 12.8. The van der Waals surface area contributed by atoms with E-state index in [4.69, 9.17) is 0 Å². The highest BCUT2D eigenvalue weighted by atomic mass is 16.2. The molecule has 0 aromatic carbocycles. The lowest BCUT2D eigenvalue weighted by atomic mass is 10.2. The second-order valence-electron chi connectivity index (χ2n) is 7.57. The summed E-state index contributed by atoms with van der Waals surface area (Å²) in [6.45, 7) is 9.46. The second kappa shape index (κ2) is 7.80. The Bertz CT molecular complexity index is 668. The number of carbonyl (C=O) groups is 2. The Morgan fingerprint density at radius 1 is 0.889 bits per heavy atom. The minimum atomic E-state index is -0.110. The van der Waals surface area contributed by atoms with Crippen LogP contribution in [0.3, 0.4) is 0 Å². The summed E-state index contributed by atoms with van der Waals surface area (Å²) < 4.78 is 0. The molecule has 1 aromatic heterocycles. The van der Waals surface area contributed by atoms with Crippen LogP contribution in [0.2, 0.25) is 0 Å². The molecule has 146 valence electrons. The Hall–Kier alpha value is -2.22. The van der Waals surface area contributed by atoms with Gasteiger partial charge >= 0.3 is 0 Å². The number of amides is 2. The molecule has 1 aromatic rings. The van der Waals surface area contributed by atoms with Gasteiger partial charge in [-0.15, -0.1) is 0 Å². The van der Waals surface area contributed by atoms with Crippen LogP contribution >= 0.6 is 0 Å². The highest BCUT2D eigenvalue weighted by Gasteiger charge is 2.51. The van der Waals surface area contributed by atoms with E-state index >= 15 is 0 Å². The Morgan fingerprint density at radius 3 is 1.93 bits per heavy atom. The first kappa shape index (κ1) is 18.2. The van der Waals surface area contributed by atoms with Crippen LogP contribution in [-0.2, 0) is 9.59 Å². The van der Waals surface area contributed by atoms with Crippen LogP contribution in [0.1, 0.15) is 13.3 Å². The molecule has 8 nitrogen and oxygen atoms in total. The van der Waals surface area contributed by atoms with Gasteiger partial charge in [0.2, 0.25) is 17.8 Å². The molecule has 4 rings (SSSR count). The number of anilines is 1. The minimum absolute atomic E-state index is 0.0961. The number of rotatable bonds is 4. The third-order valence-corrected chi connectivity index (χ3v) is 5.98. The molecule has 0 bridgehead atoms. The van der Waals surface area contributed by atoms with Crippen LogP contribution in [0.25, 0.3) is 0 Å². The monoisotopic (exact) mass is 372 g/mol. The largest absolute Gasteiger partial charge is 0.340 e. The summed E-state index contributed by atoms with van der Waals surface area (Å²) in [6.07, 6.45) is 4.19. The Kier molecular flexibility index (Phi) is 5.24. The molecule has 0 spiro atoms. The van der Waals surface area contributed by atoms with Crippen molar-refractivity contribution in [3.05, 3.63) is 18.5 Å². The summed E-state index contributed by atoms with van der Waals surface area (Å²) in [4.78, 5) is 42.4. The summed E-state index contributed by atoms with van der Waals surface area (Å²) >= 11 is 0. The van der Waals surface area contributed by atoms with Crippen LogP contribution < -0.4 is 4.90 Å². The van der Waals surface area contributed by atoms with E-state index in [1.807, 2.05) is 9.80 Å². The fraction of sp³-hybridized carbons (Fsp3) is 0.684. The van der Waals surface area contributed by atoms with Crippen LogP contribution in [0.5, 0.6) is 0 Å². The van der Waals surface area contributed by atoms with Crippen LogP contribution in [0.15, 0.2) is 18.5 Å². The first-order chi connectivity index (χ1) is 13.2. The van der Waals surface area contributed by atoms with Gasteiger partial charge in [-0.3, -0.25) is 9.59 Å². The van der Waals surface area contributed by atoms with Gasteiger partial charge in [0.15, 0.2) is 0 Å². The number of nitrogens with zero attached hydrogens (tertiary/aromatic N) is 6. The molecule has 3 aliphatic rings. The normalized spacial score (nSPS) is 26.2. The number of carbonyl (C=O) groups excluding carboxylic acids is 2. The van der Waals surface area contributed by atoms with Crippen molar-refractivity contribution in [1.82, 2.24) is 24.7 Å². The Labute approximate surface area is 160 Å². The van der Waals surface area contributed by atoms with E-state index in [2.05, 4.69) is 26.7 Å².